The molecule has 2 aliphatic heterocycles. The van der Waals surface area contributed by atoms with Crippen LogP contribution >= 0.6 is 0 Å². The molecule has 0 bridgehead atoms. The molecule has 80 heavy (non-hydrogen) atoms. The van der Waals surface area contributed by atoms with Crippen molar-refractivity contribution < 1.29 is 4.42 Å². The summed E-state index contributed by atoms with van der Waals surface area (Å²) in [6.45, 7) is 31.8. The minimum Gasteiger partial charge on any atom is -0.468 e. The topological polar surface area (TPSA) is 19.6 Å². The normalized spacial score (nSPS) is 20.1. The Morgan fingerprint density at radius 3 is 1.46 bits per heavy atom. The third-order valence-corrected chi connectivity index (χ3v) is 21.5. The van der Waals surface area contributed by atoms with Crippen molar-refractivity contribution >= 4 is 68.4 Å². The van der Waals surface area contributed by atoms with Crippen molar-refractivity contribution in [2.24, 2.45) is 0 Å². The minimum absolute atomic E-state index is 0.00213. The molecule has 1 aromatic heterocycles. The Labute approximate surface area is 476 Å². The minimum atomic E-state index is -0.561. The SMILES string of the molecule is Cc1cc2c3c(c1)N(c1ccc4c(c1)C(c1ccccc1)(c1ccccc1)c1ccccc1-4)c1c(oc4cc5c(cc14)C(C)(C)CCC5(C)C)B3c1cc3c(cc1N2c1ccc2c(c1)C(C)(C)CCC2(C)C)C(C)(C)CCC3(C)C. The van der Waals surface area contributed by atoms with Gasteiger partial charge in [0.25, 0.3) is 6.71 Å². The Kier molecular flexibility index (Phi) is 10.2. The van der Waals surface area contributed by atoms with E-state index in [1.165, 1.54) is 123 Å². The van der Waals surface area contributed by atoms with Crippen molar-refractivity contribution in [3.8, 4) is 11.1 Å². The molecule has 400 valence electrons. The molecule has 4 aliphatic carbocycles. The molecule has 0 spiro atoms. The molecule has 0 unspecified atom stereocenters. The third kappa shape index (κ3) is 6.74. The standard InChI is InChI=1S/C76H77BN2O/c1-46-38-64-67-65(39-46)79(50-28-30-52-51-26-20-21-27-54(51)76(56(52)40-50,47-22-16-14-17-23-47)48-24-18-15-19-25-48)68-53-42-58-61(75(12,13)37-34-72(58,6)7)45-66(53)80-69(68)77(67)62-43-59-60(74(10,11)36-35-73(59,8)9)44-63(62)78(64)49-29-31-55-57(41-49)71(4,5)33-32-70(55,2)3/h14-31,38-45H,32-37H2,1-13H3. The summed E-state index contributed by atoms with van der Waals surface area (Å²) in [6.07, 6.45) is 6.92. The van der Waals surface area contributed by atoms with Gasteiger partial charge in [0, 0.05) is 33.8 Å². The van der Waals surface area contributed by atoms with Gasteiger partial charge in [0.2, 0.25) is 0 Å². The van der Waals surface area contributed by atoms with E-state index in [0.717, 1.165) is 49.0 Å². The molecule has 3 heterocycles. The smallest absolute Gasteiger partial charge is 0.297 e. The van der Waals surface area contributed by atoms with Crippen LogP contribution in [0.5, 0.6) is 0 Å². The summed E-state index contributed by atoms with van der Waals surface area (Å²) in [5.74, 6) is 0. The Balaban J connectivity index is 1.07. The maximum absolute atomic E-state index is 7.87. The molecule has 4 heteroatoms. The second-order valence-electron chi connectivity index (χ2n) is 29.3. The van der Waals surface area contributed by atoms with Gasteiger partial charge in [-0.3, -0.25) is 0 Å². The van der Waals surface area contributed by atoms with E-state index in [1.54, 1.807) is 0 Å². The van der Waals surface area contributed by atoms with Crippen LogP contribution in [-0.2, 0) is 37.9 Å². The molecule has 0 atom stereocenters. The number of aryl methyl sites for hydroxylation is 1. The van der Waals surface area contributed by atoms with E-state index in [4.69, 9.17) is 4.42 Å². The van der Waals surface area contributed by atoms with Crippen molar-refractivity contribution in [1.29, 1.82) is 0 Å². The predicted octanol–water partition coefficient (Wildman–Crippen LogP) is 18.2. The molecule has 0 N–H and O–H groups in total. The number of nitrogens with zero attached hydrogens (tertiary/aromatic N) is 2. The number of benzene rings is 8. The van der Waals surface area contributed by atoms with Gasteiger partial charge < -0.3 is 14.2 Å². The molecule has 0 saturated carbocycles. The van der Waals surface area contributed by atoms with Gasteiger partial charge >= 0.3 is 0 Å². The highest BCUT2D eigenvalue weighted by Gasteiger charge is 2.52. The molecule has 15 rings (SSSR count). The summed E-state index contributed by atoms with van der Waals surface area (Å²) in [5.41, 5.74) is 29.3. The molecule has 9 aromatic rings. The molecule has 0 fully saturated rings. The van der Waals surface area contributed by atoms with Crippen LogP contribution in [0, 0.1) is 6.92 Å². The van der Waals surface area contributed by atoms with Crippen LogP contribution in [0.25, 0.3) is 22.1 Å². The van der Waals surface area contributed by atoms with E-state index in [-0.39, 0.29) is 39.2 Å². The van der Waals surface area contributed by atoms with Crippen molar-refractivity contribution in [1.82, 2.24) is 0 Å². The fraction of sp³-hybridized carbons (Fsp3) is 0.342. The molecule has 0 radical (unpaired) electrons. The number of furan rings is 1. The lowest BCUT2D eigenvalue weighted by Crippen LogP contribution is -2.61. The van der Waals surface area contributed by atoms with E-state index in [0.29, 0.717) is 0 Å². The highest BCUT2D eigenvalue weighted by atomic mass is 16.3. The molecular weight excluding hydrogens is 968 g/mol. The summed E-state index contributed by atoms with van der Waals surface area (Å²) in [5, 5.41) is 1.20. The lowest BCUT2D eigenvalue weighted by atomic mass is 9.35. The maximum atomic E-state index is 7.87. The number of rotatable bonds is 4. The average molecular weight is 1050 g/mol. The first-order valence-corrected chi connectivity index (χ1v) is 30.1. The van der Waals surface area contributed by atoms with E-state index in [1.807, 2.05) is 0 Å². The van der Waals surface area contributed by atoms with Crippen LogP contribution in [-0.4, -0.2) is 6.71 Å². The second kappa shape index (κ2) is 16.3. The van der Waals surface area contributed by atoms with Gasteiger partial charge in [-0.2, -0.15) is 0 Å². The summed E-state index contributed by atoms with van der Waals surface area (Å²) in [6, 6.07) is 62.1. The predicted molar refractivity (Wildman–Crippen MR) is 338 cm³/mol. The zero-order valence-corrected chi connectivity index (χ0v) is 49.6. The molecule has 0 amide bonds. The molecular formula is C76H77BN2O. The quantitative estimate of drug-likeness (QED) is 0.164. The van der Waals surface area contributed by atoms with Crippen LogP contribution in [0.4, 0.5) is 34.1 Å². The maximum Gasteiger partial charge on any atom is 0.297 e. The van der Waals surface area contributed by atoms with E-state index < -0.39 is 5.41 Å². The van der Waals surface area contributed by atoms with E-state index in [2.05, 4.69) is 258 Å². The zero-order chi connectivity index (χ0) is 55.4. The van der Waals surface area contributed by atoms with Gasteiger partial charge in [-0.25, -0.2) is 0 Å². The highest BCUT2D eigenvalue weighted by molar-refractivity contribution is 7.00. The van der Waals surface area contributed by atoms with Crippen molar-refractivity contribution in [3.05, 3.63) is 219 Å². The Hall–Kier alpha value is -7.04. The highest BCUT2D eigenvalue weighted by Crippen LogP contribution is 2.59. The first-order valence-electron chi connectivity index (χ1n) is 30.1. The van der Waals surface area contributed by atoms with Gasteiger partial charge in [0.05, 0.1) is 16.8 Å². The van der Waals surface area contributed by atoms with Crippen LogP contribution in [0.15, 0.2) is 162 Å². The summed E-state index contributed by atoms with van der Waals surface area (Å²) < 4.78 is 7.87. The first-order chi connectivity index (χ1) is 38.0. The molecule has 8 aromatic carbocycles. The summed E-state index contributed by atoms with van der Waals surface area (Å²) >= 11 is 0. The number of fused-ring (bicyclic) bond motifs is 12. The van der Waals surface area contributed by atoms with Gasteiger partial charge in [-0.05, 0) is 216 Å². The lowest BCUT2D eigenvalue weighted by Gasteiger charge is -2.47. The lowest BCUT2D eigenvalue weighted by molar-refractivity contribution is 0.332. The number of anilines is 6. The fourth-order valence-corrected chi connectivity index (χ4v) is 16.6. The third-order valence-electron chi connectivity index (χ3n) is 21.5. The van der Waals surface area contributed by atoms with E-state index in [9.17, 15) is 0 Å². The average Bonchev–Trinajstić information content (AvgIpc) is 3.88. The Morgan fingerprint density at radius 1 is 0.388 bits per heavy atom. The second-order valence-corrected chi connectivity index (χ2v) is 29.3. The first kappa shape index (κ1) is 50.0. The van der Waals surface area contributed by atoms with Gasteiger partial charge in [-0.15, -0.1) is 0 Å². The number of hydrogen-bond acceptors (Lipinski definition) is 3. The van der Waals surface area contributed by atoms with Crippen molar-refractivity contribution in [2.45, 2.75) is 166 Å². The molecule has 6 aliphatic rings. The zero-order valence-electron chi connectivity index (χ0n) is 49.6. The van der Waals surface area contributed by atoms with Gasteiger partial charge in [-0.1, -0.05) is 186 Å². The Bertz CT molecular complexity index is 4070. The van der Waals surface area contributed by atoms with E-state index >= 15 is 0 Å². The number of hydrogen-bond donors (Lipinski definition) is 0. The Morgan fingerprint density at radius 2 is 0.850 bits per heavy atom. The van der Waals surface area contributed by atoms with Crippen molar-refractivity contribution in [2.75, 3.05) is 9.80 Å². The molecule has 3 nitrogen and oxygen atoms in total. The summed E-state index contributed by atoms with van der Waals surface area (Å²) in [4.78, 5) is 5.35. The van der Waals surface area contributed by atoms with Gasteiger partial charge in [0.15, 0.2) is 0 Å². The monoisotopic (exact) mass is 1040 g/mol. The fourth-order valence-electron chi connectivity index (χ4n) is 16.6. The van der Waals surface area contributed by atoms with Crippen molar-refractivity contribution in [3.63, 3.8) is 0 Å². The van der Waals surface area contributed by atoms with Crippen LogP contribution < -0.4 is 26.4 Å². The summed E-state index contributed by atoms with van der Waals surface area (Å²) in [7, 11) is 0. The van der Waals surface area contributed by atoms with Crippen LogP contribution in [0.3, 0.4) is 0 Å². The van der Waals surface area contributed by atoms with Gasteiger partial charge in [0.1, 0.15) is 5.58 Å². The largest absolute Gasteiger partial charge is 0.468 e. The van der Waals surface area contributed by atoms with Crippen LogP contribution in [0.2, 0.25) is 0 Å². The van der Waals surface area contributed by atoms with Crippen LogP contribution in [0.1, 0.15) is 183 Å². The molecule has 0 saturated heterocycles.